The molecule has 0 unspecified atom stereocenters. The fraction of sp³-hybridized carbons (Fsp3) is 0.192. The fourth-order valence-corrected chi connectivity index (χ4v) is 4.78. The van der Waals surface area contributed by atoms with Crippen molar-refractivity contribution in [1.29, 1.82) is 0 Å². The highest BCUT2D eigenvalue weighted by Crippen LogP contribution is 2.27. The minimum absolute atomic E-state index is 0.0119. The van der Waals surface area contributed by atoms with E-state index < -0.39 is 10.0 Å². The monoisotopic (exact) mass is 446 g/mol. The summed E-state index contributed by atoms with van der Waals surface area (Å²) in [5.74, 6) is 0. The second-order valence-corrected chi connectivity index (χ2v) is 9.49. The largest absolute Gasteiger partial charge is 0.308 e. The molecular formula is C26H26N2O3S. The second kappa shape index (κ2) is 9.10. The molecule has 0 amide bonds. The molecule has 0 radical (unpaired) electrons. The molecule has 0 aliphatic heterocycles. The number of aryl methyl sites for hydroxylation is 1. The Morgan fingerprint density at radius 3 is 2.31 bits per heavy atom. The number of hydrogen-bond donors (Lipinski definition) is 1. The van der Waals surface area contributed by atoms with Crippen molar-refractivity contribution in [1.82, 2.24) is 4.57 Å². The summed E-state index contributed by atoms with van der Waals surface area (Å²) in [4.78, 5) is 13.3. The molecule has 4 aromatic rings. The number of fused-ring (bicyclic) bond motifs is 1. The minimum Gasteiger partial charge on any atom is -0.308 e. The van der Waals surface area contributed by atoms with E-state index in [9.17, 15) is 13.2 Å². The molecule has 5 nitrogen and oxygen atoms in total. The fourth-order valence-electron chi connectivity index (χ4n) is 4.01. The Morgan fingerprint density at radius 1 is 0.906 bits per heavy atom. The lowest BCUT2D eigenvalue weighted by molar-refractivity contribution is 0.598. The summed E-state index contributed by atoms with van der Waals surface area (Å²) < 4.78 is 25.7. The van der Waals surface area contributed by atoms with Crippen molar-refractivity contribution in [3.05, 3.63) is 100 Å². The van der Waals surface area contributed by atoms with Crippen LogP contribution in [-0.4, -0.2) is 13.0 Å². The number of nitrogens with zero attached hydrogens (tertiary/aromatic N) is 1. The molecule has 0 fully saturated rings. The maximum atomic E-state index is 13.2. The zero-order valence-electron chi connectivity index (χ0n) is 18.0. The molecular weight excluding hydrogens is 420 g/mol. The maximum absolute atomic E-state index is 13.2. The van der Waals surface area contributed by atoms with Gasteiger partial charge < -0.3 is 4.57 Å². The molecule has 0 atom stereocenters. The highest BCUT2D eigenvalue weighted by atomic mass is 32.2. The van der Waals surface area contributed by atoms with Crippen LogP contribution in [0.25, 0.3) is 21.9 Å². The third-order valence-corrected chi connectivity index (χ3v) is 6.66. The predicted octanol–water partition coefficient (Wildman–Crippen LogP) is 4.71. The number of nitrogens with two attached hydrogens (primary N) is 1. The van der Waals surface area contributed by atoms with Gasteiger partial charge in [0.1, 0.15) is 0 Å². The van der Waals surface area contributed by atoms with Crippen molar-refractivity contribution < 1.29 is 8.42 Å². The molecule has 1 aromatic heterocycles. The van der Waals surface area contributed by atoms with E-state index in [-0.39, 0.29) is 10.5 Å². The first-order valence-corrected chi connectivity index (χ1v) is 12.3. The minimum atomic E-state index is -3.83. The predicted molar refractivity (Wildman–Crippen MR) is 129 cm³/mol. The number of primary sulfonamides is 1. The first-order chi connectivity index (χ1) is 15.4. The highest BCUT2D eigenvalue weighted by Gasteiger charge is 2.15. The maximum Gasteiger partial charge on any atom is 0.258 e. The van der Waals surface area contributed by atoms with Crippen LogP contribution in [-0.2, 0) is 23.0 Å². The third kappa shape index (κ3) is 4.52. The van der Waals surface area contributed by atoms with E-state index in [0.29, 0.717) is 17.5 Å². The summed E-state index contributed by atoms with van der Waals surface area (Å²) in [5, 5.41) is 7.06. The van der Waals surface area contributed by atoms with Crippen LogP contribution in [0.4, 0.5) is 0 Å². The summed E-state index contributed by atoms with van der Waals surface area (Å²) in [6, 6.07) is 24.1. The lowest BCUT2D eigenvalue weighted by Gasteiger charge is -2.15. The zero-order chi connectivity index (χ0) is 22.7. The van der Waals surface area contributed by atoms with Crippen LogP contribution in [0.3, 0.4) is 0 Å². The third-order valence-electron chi connectivity index (χ3n) is 5.69. The van der Waals surface area contributed by atoms with Gasteiger partial charge in [-0.05, 0) is 47.6 Å². The Hall–Kier alpha value is -3.22. The smallest absolute Gasteiger partial charge is 0.258 e. The van der Waals surface area contributed by atoms with Crippen LogP contribution in [0.2, 0.25) is 0 Å². The Morgan fingerprint density at radius 2 is 1.59 bits per heavy atom. The van der Waals surface area contributed by atoms with Crippen LogP contribution >= 0.6 is 0 Å². The zero-order valence-corrected chi connectivity index (χ0v) is 18.8. The van der Waals surface area contributed by atoms with Crippen LogP contribution < -0.4 is 10.7 Å². The van der Waals surface area contributed by atoms with Gasteiger partial charge in [-0.25, -0.2) is 13.6 Å². The van der Waals surface area contributed by atoms with Gasteiger partial charge in [0.05, 0.1) is 11.4 Å². The average Bonchev–Trinajstić information content (AvgIpc) is 2.80. The van der Waals surface area contributed by atoms with Crippen LogP contribution in [0.15, 0.2) is 88.6 Å². The number of sulfonamides is 1. The molecule has 2 N–H and O–H groups in total. The number of rotatable bonds is 7. The number of pyridine rings is 1. The van der Waals surface area contributed by atoms with E-state index in [4.69, 9.17) is 5.14 Å². The van der Waals surface area contributed by atoms with Gasteiger partial charge in [0, 0.05) is 16.6 Å². The molecule has 0 spiro atoms. The molecule has 0 bridgehead atoms. The SMILES string of the molecule is CCCCc1cc2ccccc2c(=O)n1Cc1ccc(-c2ccccc2S(N)(=O)=O)cc1. The molecule has 6 heteroatoms. The van der Waals surface area contributed by atoms with Gasteiger partial charge in [-0.1, -0.05) is 74.0 Å². The molecule has 0 aliphatic rings. The lowest BCUT2D eigenvalue weighted by atomic mass is 10.0. The van der Waals surface area contributed by atoms with Gasteiger partial charge in [0.15, 0.2) is 0 Å². The van der Waals surface area contributed by atoms with Crippen molar-refractivity contribution >= 4 is 20.8 Å². The van der Waals surface area contributed by atoms with Crippen molar-refractivity contribution in [3.8, 4) is 11.1 Å². The van der Waals surface area contributed by atoms with Gasteiger partial charge in [0.25, 0.3) is 5.56 Å². The van der Waals surface area contributed by atoms with Crippen molar-refractivity contribution in [2.24, 2.45) is 5.14 Å². The number of aromatic nitrogens is 1. The van der Waals surface area contributed by atoms with Crippen LogP contribution in [0, 0.1) is 0 Å². The van der Waals surface area contributed by atoms with Crippen LogP contribution in [0.5, 0.6) is 0 Å². The molecule has 0 aliphatic carbocycles. The standard InChI is InChI=1S/C26H26N2O3S/c1-2-3-9-22-17-21-8-4-5-11-24(21)26(29)28(22)18-19-13-15-20(16-14-19)23-10-6-7-12-25(23)32(27,30)31/h4-8,10-17H,2-3,9,18H2,1H3,(H2,27,30,31). The van der Waals surface area contributed by atoms with Gasteiger partial charge in [-0.2, -0.15) is 0 Å². The summed E-state index contributed by atoms with van der Waals surface area (Å²) in [5.41, 5.74) is 3.33. The van der Waals surface area contributed by atoms with Gasteiger partial charge in [-0.15, -0.1) is 0 Å². The number of unbranched alkanes of at least 4 members (excludes halogenated alkanes) is 1. The normalized spacial score (nSPS) is 11.7. The molecule has 3 aromatic carbocycles. The van der Waals surface area contributed by atoms with E-state index in [0.717, 1.165) is 41.5 Å². The van der Waals surface area contributed by atoms with E-state index in [1.165, 1.54) is 6.07 Å². The molecule has 164 valence electrons. The Bertz CT molecular complexity index is 1420. The van der Waals surface area contributed by atoms with Crippen molar-refractivity contribution in [2.75, 3.05) is 0 Å². The van der Waals surface area contributed by atoms with Gasteiger partial charge in [-0.3, -0.25) is 4.79 Å². The summed E-state index contributed by atoms with van der Waals surface area (Å²) in [6.07, 6.45) is 2.91. The van der Waals surface area contributed by atoms with Crippen molar-refractivity contribution in [2.45, 2.75) is 37.6 Å². The second-order valence-electron chi connectivity index (χ2n) is 7.96. The van der Waals surface area contributed by atoms with Crippen LogP contribution in [0.1, 0.15) is 31.0 Å². The van der Waals surface area contributed by atoms with E-state index in [1.54, 1.807) is 18.2 Å². The Balaban J connectivity index is 1.72. The van der Waals surface area contributed by atoms with Gasteiger partial charge in [0.2, 0.25) is 10.0 Å². The van der Waals surface area contributed by atoms with Crippen molar-refractivity contribution in [3.63, 3.8) is 0 Å². The molecule has 0 saturated carbocycles. The highest BCUT2D eigenvalue weighted by molar-refractivity contribution is 7.89. The van der Waals surface area contributed by atoms with E-state index in [1.807, 2.05) is 53.1 Å². The van der Waals surface area contributed by atoms with E-state index >= 15 is 0 Å². The van der Waals surface area contributed by atoms with E-state index in [2.05, 4.69) is 13.0 Å². The summed E-state index contributed by atoms with van der Waals surface area (Å²) >= 11 is 0. The number of hydrogen-bond acceptors (Lipinski definition) is 3. The Labute approximate surface area is 188 Å². The molecule has 0 saturated heterocycles. The lowest BCUT2D eigenvalue weighted by Crippen LogP contribution is -2.24. The first-order valence-electron chi connectivity index (χ1n) is 10.7. The topological polar surface area (TPSA) is 82.2 Å². The summed E-state index contributed by atoms with van der Waals surface area (Å²) in [7, 11) is -3.83. The molecule has 1 heterocycles. The first kappa shape index (κ1) is 22.0. The quantitative estimate of drug-likeness (QED) is 0.446. The number of benzene rings is 3. The molecule has 4 rings (SSSR count). The molecule has 32 heavy (non-hydrogen) atoms. The summed E-state index contributed by atoms with van der Waals surface area (Å²) in [6.45, 7) is 2.60. The Kier molecular flexibility index (Phi) is 6.26. The average molecular weight is 447 g/mol. The van der Waals surface area contributed by atoms with Gasteiger partial charge >= 0.3 is 0 Å².